The van der Waals surface area contributed by atoms with Crippen molar-refractivity contribution in [2.75, 3.05) is 6.54 Å². The molecule has 0 bridgehead atoms. The summed E-state index contributed by atoms with van der Waals surface area (Å²) in [6.07, 6.45) is 1.81. The van der Waals surface area contributed by atoms with Gasteiger partial charge >= 0.3 is 5.97 Å². The van der Waals surface area contributed by atoms with Crippen molar-refractivity contribution in [3.05, 3.63) is 59.1 Å². The average Bonchev–Trinajstić information content (AvgIpc) is 3.02. The topological polar surface area (TPSA) is 96.4 Å². The van der Waals surface area contributed by atoms with Gasteiger partial charge in [0.05, 0.1) is 15.8 Å². The second kappa shape index (κ2) is 6.68. The van der Waals surface area contributed by atoms with Gasteiger partial charge in [-0.1, -0.05) is 12.1 Å². The molecule has 3 aromatic rings. The van der Waals surface area contributed by atoms with Crippen LogP contribution >= 0.6 is 11.3 Å². The van der Waals surface area contributed by atoms with E-state index in [1.54, 1.807) is 18.2 Å². The average molecular weight is 362 g/mol. The molecule has 6 nitrogen and oxygen atoms in total. The Morgan fingerprint density at radius 2 is 1.96 bits per heavy atom. The first kappa shape index (κ1) is 16.6. The summed E-state index contributed by atoms with van der Waals surface area (Å²) >= 11 is 1.44. The fourth-order valence-electron chi connectivity index (χ4n) is 2.20. The molecule has 2 N–H and O–H groups in total. The standard InChI is InChI=1S/C16H14N2O4S2/c19-16(20)12-3-1-11(2-4-12)5-7-18-24(21,22)13-9-15-14(17-10-13)6-8-23-15/h1-4,6,8-10,18H,5,7H2,(H,19,20). The van der Waals surface area contributed by atoms with Crippen LogP contribution in [0.3, 0.4) is 0 Å². The van der Waals surface area contributed by atoms with Crippen molar-refractivity contribution in [1.82, 2.24) is 9.71 Å². The number of fused-ring (bicyclic) bond motifs is 1. The first-order valence-electron chi connectivity index (χ1n) is 7.11. The lowest BCUT2D eigenvalue weighted by molar-refractivity contribution is 0.0697. The van der Waals surface area contributed by atoms with Gasteiger partial charge < -0.3 is 5.11 Å². The van der Waals surface area contributed by atoms with Crippen molar-refractivity contribution in [3.63, 3.8) is 0 Å². The largest absolute Gasteiger partial charge is 0.478 e. The van der Waals surface area contributed by atoms with Gasteiger partial charge in [0.15, 0.2) is 0 Å². The fourth-order valence-corrected chi connectivity index (χ4v) is 4.06. The minimum absolute atomic E-state index is 0.138. The molecule has 0 aliphatic heterocycles. The van der Waals surface area contributed by atoms with E-state index in [4.69, 9.17) is 5.11 Å². The van der Waals surface area contributed by atoms with Crippen LogP contribution in [0, 0.1) is 0 Å². The predicted molar refractivity (Wildman–Crippen MR) is 91.9 cm³/mol. The Kier molecular flexibility index (Phi) is 4.61. The van der Waals surface area contributed by atoms with E-state index in [0.717, 1.165) is 15.8 Å². The number of sulfonamides is 1. The van der Waals surface area contributed by atoms with Crippen molar-refractivity contribution in [2.45, 2.75) is 11.3 Å². The summed E-state index contributed by atoms with van der Waals surface area (Å²) in [6, 6.07) is 9.80. The highest BCUT2D eigenvalue weighted by atomic mass is 32.2. The maximum Gasteiger partial charge on any atom is 0.335 e. The van der Waals surface area contributed by atoms with E-state index in [0.29, 0.717) is 6.42 Å². The Bertz CT molecular complexity index is 979. The van der Waals surface area contributed by atoms with Crippen LogP contribution in [0.1, 0.15) is 15.9 Å². The number of benzene rings is 1. The quantitative estimate of drug-likeness (QED) is 0.702. The van der Waals surface area contributed by atoms with E-state index in [2.05, 4.69) is 9.71 Å². The van der Waals surface area contributed by atoms with Crippen LogP contribution < -0.4 is 4.72 Å². The van der Waals surface area contributed by atoms with Crippen LogP contribution in [0.2, 0.25) is 0 Å². The lowest BCUT2D eigenvalue weighted by Crippen LogP contribution is -2.26. The Balaban J connectivity index is 1.65. The minimum Gasteiger partial charge on any atom is -0.478 e. The number of hydrogen-bond acceptors (Lipinski definition) is 5. The zero-order valence-electron chi connectivity index (χ0n) is 12.5. The molecule has 0 saturated carbocycles. The molecular formula is C16H14N2O4S2. The van der Waals surface area contributed by atoms with Gasteiger partial charge in [-0.15, -0.1) is 11.3 Å². The van der Waals surface area contributed by atoms with Crippen LogP contribution in [0.4, 0.5) is 0 Å². The molecule has 0 aliphatic rings. The molecule has 0 radical (unpaired) electrons. The first-order valence-corrected chi connectivity index (χ1v) is 9.47. The number of thiophene rings is 1. The predicted octanol–water partition coefficient (Wildman–Crippen LogP) is 2.52. The minimum atomic E-state index is -3.62. The molecule has 0 spiro atoms. The molecule has 1 aromatic carbocycles. The SMILES string of the molecule is O=C(O)c1ccc(CCNS(=O)(=O)c2cnc3ccsc3c2)cc1. The summed E-state index contributed by atoms with van der Waals surface area (Å²) in [5.41, 5.74) is 1.83. The molecule has 0 atom stereocenters. The van der Waals surface area contributed by atoms with Gasteiger partial charge in [-0.3, -0.25) is 4.98 Å². The molecule has 8 heteroatoms. The maximum absolute atomic E-state index is 12.3. The van der Waals surface area contributed by atoms with Crippen molar-refractivity contribution >= 4 is 37.5 Å². The van der Waals surface area contributed by atoms with E-state index >= 15 is 0 Å². The number of carbonyl (C=O) groups is 1. The highest BCUT2D eigenvalue weighted by Gasteiger charge is 2.15. The van der Waals surface area contributed by atoms with Gasteiger partial charge in [-0.2, -0.15) is 0 Å². The molecule has 0 saturated heterocycles. The first-order chi connectivity index (χ1) is 11.5. The van der Waals surface area contributed by atoms with Crippen LogP contribution in [-0.4, -0.2) is 31.0 Å². The number of nitrogens with zero attached hydrogens (tertiary/aromatic N) is 1. The van der Waals surface area contributed by atoms with Crippen LogP contribution in [0.5, 0.6) is 0 Å². The summed E-state index contributed by atoms with van der Waals surface area (Å²) in [5, 5.41) is 10.7. The number of pyridine rings is 1. The van der Waals surface area contributed by atoms with E-state index in [9.17, 15) is 13.2 Å². The fraction of sp³-hybridized carbons (Fsp3) is 0.125. The number of nitrogens with one attached hydrogen (secondary N) is 1. The lowest BCUT2D eigenvalue weighted by atomic mass is 10.1. The number of aromatic nitrogens is 1. The Hall–Kier alpha value is -2.29. The third-order valence-corrected chi connectivity index (χ3v) is 5.78. The molecule has 24 heavy (non-hydrogen) atoms. The van der Waals surface area contributed by atoms with E-state index in [1.165, 1.54) is 29.7 Å². The normalized spacial score (nSPS) is 11.7. The second-order valence-electron chi connectivity index (χ2n) is 5.12. The summed E-state index contributed by atoms with van der Waals surface area (Å²) in [7, 11) is -3.62. The number of carboxylic acids is 1. The molecule has 124 valence electrons. The van der Waals surface area contributed by atoms with E-state index < -0.39 is 16.0 Å². The number of carboxylic acid groups (broad SMARTS) is 1. The van der Waals surface area contributed by atoms with Gasteiger partial charge in [0.25, 0.3) is 0 Å². The summed E-state index contributed by atoms with van der Waals surface area (Å²) in [5.74, 6) is -0.987. The van der Waals surface area contributed by atoms with Crippen molar-refractivity contribution in [3.8, 4) is 0 Å². The zero-order valence-corrected chi connectivity index (χ0v) is 14.1. The summed E-state index contributed by atoms with van der Waals surface area (Å²) in [4.78, 5) is 15.1. The Morgan fingerprint density at radius 1 is 1.21 bits per heavy atom. The van der Waals surface area contributed by atoms with E-state index in [1.807, 2.05) is 11.4 Å². The molecular weight excluding hydrogens is 348 g/mol. The van der Waals surface area contributed by atoms with Crippen LogP contribution in [0.15, 0.2) is 52.9 Å². The van der Waals surface area contributed by atoms with Gasteiger partial charge in [0.2, 0.25) is 10.0 Å². The molecule has 0 unspecified atom stereocenters. The van der Waals surface area contributed by atoms with Crippen LogP contribution in [-0.2, 0) is 16.4 Å². The molecule has 0 aliphatic carbocycles. The molecule has 0 amide bonds. The van der Waals surface area contributed by atoms with Gasteiger partial charge in [-0.25, -0.2) is 17.9 Å². The summed E-state index contributed by atoms with van der Waals surface area (Å²) < 4.78 is 28.0. The molecule has 3 rings (SSSR count). The molecule has 2 aromatic heterocycles. The second-order valence-corrected chi connectivity index (χ2v) is 7.84. The number of aromatic carboxylic acids is 1. The number of hydrogen-bond donors (Lipinski definition) is 2. The van der Waals surface area contributed by atoms with E-state index in [-0.39, 0.29) is 17.0 Å². The third kappa shape index (κ3) is 3.61. The van der Waals surface area contributed by atoms with Crippen molar-refractivity contribution in [1.29, 1.82) is 0 Å². The Labute approximate surface area is 142 Å². The molecule has 2 heterocycles. The Morgan fingerprint density at radius 3 is 2.67 bits per heavy atom. The monoisotopic (exact) mass is 362 g/mol. The highest BCUT2D eigenvalue weighted by Crippen LogP contribution is 2.21. The summed E-state index contributed by atoms with van der Waals surface area (Å²) in [6.45, 7) is 0.219. The maximum atomic E-state index is 12.3. The lowest BCUT2D eigenvalue weighted by Gasteiger charge is -2.07. The van der Waals surface area contributed by atoms with Gasteiger partial charge in [0.1, 0.15) is 4.90 Å². The van der Waals surface area contributed by atoms with Crippen molar-refractivity contribution in [2.24, 2.45) is 0 Å². The van der Waals surface area contributed by atoms with Crippen LogP contribution in [0.25, 0.3) is 10.2 Å². The smallest absolute Gasteiger partial charge is 0.335 e. The zero-order chi connectivity index (χ0) is 17.2. The molecule has 0 fully saturated rings. The van der Waals surface area contributed by atoms with Gasteiger partial charge in [0, 0.05) is 12.7 Å². The van der Waals surface area contributed by atoms with Crippen molar-refractivity contribution < 1.29 is 18.3 Å². The van der Waals surface area contributed by atoms with Gasteiger partial charge in [-0.05, 0) is 41.6 Å². The third-order valence-electron chi connectivity index (χ3n) is 3.49. The number of rotatable bonds is 6. The highest BCUT2D eigenvalue weighted by molar-refractivity contribution is 7.89.